The molecule has 1 rings (SSSR count). The number of benzene rings is 1. The third kappa shape index (κ3) is 3.25. The third-order valence-electron chi connectivity index (χ3n) is 2.50. The first-order valence-electron chi connectivity index (χ1n) is 5.69. The second kappa shape index (κ2) is 5.95. The molecule has 3 heteroatoms. The van der Waals surface area contributed by atoms with Gasteiger partial charge in [-0.2, -0.15) is 0 Å². The molecule has 1 aromatic carbocycles. The van der Waals surface area contributed by atoms with Gasteiger partial charge in [0.05, 0.1) is 12.1 Å². The normalized spacial score (nSPS) is 9.71. The van der Waals surface area contributed by atoms with Crippen LogP contribution in [0.5, 0.6) is 0 Å². The van der Waals surface area contributed by atoms with E-state index < -0.39 is 0 Å². The first-order valence-corrected chi connectivity index (χ1v) is 5.69. The summed E-state index contributed by atoms with van der Waals surface area (Å²) in [4.78, 5) is 13.9. The van der Waals surface area contributed by atoms with E-state index in [1.165, 1.54) is 0 Å². The van der Waals surface area contributed by atoms with Crippen molar-refractivity contribution in [1.82, 2.24) is 4.90 Å². The highest BCUT2D eigenvalue weighted by atomic mass is 16.2. The molecule has 0 aliphatic carbocycles. The van der Waals surface area contributed by atoms with Crippen LogP contribution in [0.1, 0.15) is 29.3 Å². The van der Waals surface area contributed by atoms with Crippen molar-refractivity contribution in [1.29, 1.82) is 0 Å². The standard InChI is InChI=1S/C14H18N2O/c1-4-8-16(9-5-2)14(17)12-10-11(3)6-7-13(12)15/h1,6-7,10H,5,8-9,15H2,2-3H3. The minimum Gasteiger partial charge on any atom is -0.398 e. The Morgan fingerprint density at radius 1 is 1.53 bits per heavy atom. The number of aryl methyl sites for hydroxylation is 1. The molecule has 0 aromatic heterocycles. The summed E-state index contributed by atoms with van der Waals surface area (Å²) >= 11 is 0. The topological polar surface area (TPSA) is 46.3 Å². The highest BCUT2D eigenvalue weighted by molar-refractivity contribution is 5.99. The number of carbonyl (C=O) groups excluding carboxylic acids is 1. The number of hydrogen-bond acceptors (Lipinski definition) is 2. The number of rotatable bonds is 4. The van der Waals surface area contributed by atoms with Gasteiger partial charge in [0.15, 0.2) is 0 Å². The number of terminal acetylenes is 1. The number of amides is 1. The van der Waals surface area contributed by atoms with Crippen LogP contribution < -0.4 is 5.73 Å². The van der Waals surface area contributed by atoms with Crippen LogP contribution in [0.3, 0.4) is 0 Å². The van der Waals surface area contributed by atoms with Gasteiger partial charge in [-0.3, -0.25) is 4.79 Å². The van der Waals surface area contributed by atoms with Gasteiger partial charge >= 0.3 is 0 Å². The molecule has 90 valence electrons. The number of nitrogen functional groups attached to an aromatic ring is 1. The molecular formula is C14H18N2O. The Labute approximate surface area is 103 Å². The van der Waals surface area contributed by atoms with Gasteiger partial charge in [-0.1, -0.05) is 24.5 Å². The van der Waals surface area contributed by atoms with Crippen molar-refractivity contribution in [3.8, 4) is 12.3 Å². The predicted molar refractivity (Wildman–Crippen MR) is 70.6 cm³/mol. The molecule has 0 atom stereocenters. The minimum atomic E-state index is -0.0917. The van der Waals surface area contributed by atoms with Crippen molar-refractivity contribution >= 4 is 11.6 Å². The lowest BCUT2D eigenvalue weighted by Gasteiger charge is -2.20. The van der Waals surface area contributed by atoms with E-state index in [1.54, 1.807) is 17.0 Å². The summed E-state index contributed by atoms with van der Waals surface area (Å²) in [5.74, 6) is 2.41. The monoisotopic (exact) mass is 230 g/mol. The molecule has 0 saturated heterocycles. The third-order valence-corrected chi connectivity index (χ3v) is 2.50. The van der Waals surface area contributed by atoms with Crippen molar-refractivity contribution in [2.45, 2.75) is 20.3 Å². The van der Waals surface area contributed by atoms with Crippen molar-refractivity contribution in [2.75, 3.05) is 18.8 Å². The maximum absolute atomic E-state index is 12.2. The fourth-order valence-electron chi connectivity index (χ4n) is 1.66. The lowest BCUT2D eigenvalue weighted by molar-refractivity contribution is 0.0778. The molecule has 2 N–H and O–H groups in total. The van der Waals surface area contributed by atoms with Crippen LogP contribution in [0.4, 0.5) is 5.69 Å². The number of hydrogen-bond donors (Lipinski definition) is 1. The summed E-state index contributed by atoms with van der Waals surface area (Å²) in [5.41, 5.74) is 7.87. The SMILES string of the molecule is C#CCN(CCC)C(=O)c1cc(C)ccc1N. The molecule has 0 unspecified atom stereocenters. The molecule has 17 heavy (non-hydrogen) atoms. The molecule has 0 radical (unpaired) electrons. The van der Waals surface area contributed by atoms with Gasteiger partial charge in [0, 0.05) is 12.2 Å². The molecule has 0 aliphatic heterocycles. The molecule has 0 spiro atoms. The second-order valence-corrected chi connectivity index (χ2v) is 4.02. The molecule has 1 amide bonds. The Balaban J connectivity index is 3.00. The lowest BCUT2D eigenvalue weighted by atomic mass is 10.1. The molecule has 0 bridgehead atoms. The van der Waals surface area contributed by atoms with E-state index >= 15 is 0 Å². The fourth-order valence-corrected chi connectivity index (χ4v) is 1.66. The van der Waals surface area contributed by atoms with Crippen LogP contribution in [0, 0.1) is 19.3 Å². The molecule has 3 nitrogen and oxygen atoms in total. The van der Waals surface area contributed by atoms with E-state index in [4.69, 9.17) is 12.2 Å². The van der Waals surface area contributed by atoms with Gasteiger partial charge in [0.1, 0.15) is 0 Å². The van der Waals surface area contributed by atoms with E-state index in [0.717, 1.165) is 12.0 Å². The van der Waals surface area contributed by atoms with Crippen molar-refractivity contribution < 1.29 is 4.79 Å². The average Bonchev–Trinajstić information content (AvgIpc) is 2.31. The molecule has 0 fully saturated rings. The zero-order chi connectivity index (χ0) is 12.8. The van der Waals surface area contributed by atoms with Gasteiger partial charge < -0.3 is 10.6 Å². The van der Waals surface area contributed by atoms with E-state index in [0.29, 0.717) is 24.3 Å². The number of nitrogens with zero attached hydrogens (tertiary/aromatic N) is 1. The van der Waals surface area contributed by atoms with Gasteiger partial charge in [-0.05, 0) is 25.5 Å². The van der Waals surface area contributed by atoms with E-state index in [1.807, 2.05) is 19.9 Å². The van der Waals surface area contributed by atoms with E-state index in [9.17, 15) is 4.79 Å². The number of anilines is 1. The Kier molecular flexibility index (Phi) is 4.59. The van der Waals surface area contributed by atoms with Crippen molar-refractivity contribution in [2.24, 2.45) is 0 Å². The predicted octanol–water partition coefficient (Wildman–Crippen LogP) is 2.06. The van der Waals surface area contributed by atoms with Crippen molar-refractivity contribution in [3.63, 3.8) is 0 Å². The van der Waals surface area contributed by atoms with Crippen LogP contribution in [0.25, 0.3) is 0 Å². The minimum absolute atomic E-state index is 0.0917. The zero-order valence-electron chi connectivity index (χ0n) is 10.4. The Hall–Kier alpha value is -1.95. The van der Waals surface area contributed by atoms with Gasteiger partial charge in [0.25, 0.3) is 5.91 Å². The van der Waals surface area contributed by atoms with Crippen LogP contribution in [-0.2, 0) is 0 Å². The van der Waals surface area contributed by atoms with Gasteiger partial charge in [0.2, 0.25) is 0 Å². The highest BCUT2D eigenvalue weighted by Gasteiger charge is 2.16. The molecule has 0 aliphatic rings. The zero-order valence-corrected chi connectivity index (χ0v) is 10.4. The number of nitrogens with two attached hydrogens (primary N) is 1. The average molecular weight is 230 g/mol. The highest BCUT2D eigenvalue weighted by Crippen LogP contribution is 2.16. The van der Waals surface area contributed by atoms with Crippen molar-refractivity contribution in [3.05, 3.63) is 29.3 Å². The fraction of sp³-hybridized carbons (Fsp3) is 0.357. The summed E-state index contributed by atoms with van der Waals surface area (Å²) in [6.07, 6.45) is 6.14. The summed E-state index contributed by atoms with van der Waals surface area (Å²) < 4.78 is 0. The molecule has 1 aromatic rings. The van der Waals surface area contributed by atoms with Crippen LogP contribution in [0.2, 0.25) is 0 Å². The van der Waals surface area contributed by atoms with Crippen LogP contribution in [-0.4, -0.2) is 23.9 Å². The molecule has 0 heterocycles. The second-order valence-electron chi connectivity index (χ2n) is 4.02. The van der Waals surface area contributed by atoms with Gasteiger partial charge in [-0.25, -0.2) is 0 Å². The largest absolute Gasteiger partial charge is 0.398 e. The van der Waals surface area contributed by atoms with Crippen LogP contribution in [0.15, 0.2) is 18.2 Å². The summed E-state index contributed by atoms with van der Waals surface area (Å²) in [6.45, 7) is 4.91. The Bertz CT molecular complexity index is 446. The quantitative estimate of drug-likeness (QED) is 0.635. The lowest BCUT2D eigenvalue weighted by Crippen LogP contribution is -2.32. The van der Waals surface area contributed by atoms with Gasteiger partial charge in [-0.15, -0.1) is 6.42 Å². The smallest absolute Gasteiger partial charge is 0.256 e. The molecular weight excluding hydrogens is 212 g/mol. The molecule has 0 saturated carbocycles. The number of carbonyl (C=O) groups is 1. The summed E-state index contributed by atoms with van der Waals surface area (Å²) in [7, 11) is 0. The van der Waals surface area contributed by atoms with Crippen LogP contribution >= 0.6 is 0 Å². The Morgan fingerprint density at radius 3 is 2.82 bits per heavy atom. The Morgan fingerprint density at radius 2 is 2.24 bits per heavy atom. The summed E-state index contributed by atoms with van der Waals surface area (Å²) in [6, 6.07) is 5.44. The maximum atomic E-state index is 12.2. The maximum Gasteiger partial charge on any atom is 0.256 e. The van der Waals surface area contributed by atoms with E-state index in [-0.39, 0.29) is 5.91 Å². The van der Waals surface area contributed by atoms with E-state index in [2.05, 4.69) is 5.92 Å². The first-order chi connectivity index (χ1) is 8.10. The first kappa shape index (κ1) is 13.1. The summed E-state index contributed by atoms with van der Waals surface area (Å²) in [5, 5.41) is 0.